The summed E-state index contributed by atoms with van der Waals surface area (Å²) in [6, 6.07) is 0. The molecule has 142 valence electrons. The van der Waals surface area contributed by atoms with Crippen molar-refractivity contribution in [2.45, 2.75) is 12.6 Å². The van der Waals surface area contributed by atoms with Crippen LogP contribution in [0.15, 0.2) is 6.33 Å². The zero-order valence-corrected chi connectivity index (χ0v) is 14.7. The van der Waals surface area contributed by atoms with Crippen molar-refractivity contribution in [1.82, 2.24) is 24.4 Å². The molecule has 0 radical (unpaired) electrons. The summed E-state index contributed by atoms with van der Waals surface area (Å²) in [4.78, 5) is 16.3. The summed E-state index contributed by atoms with van der Waals surface area (Å²) >= 11 is 0. The second kappa shape index (κ2) is 7.70. The van der Waals surface area contributed by atoms with Gasteiger partial charge in [-0.3, -0.25) is 10.3 Å². The number of fused-ring (bicyclic) bond motifs is 1. The molecule has 3 N–H and O–H groups in total. The number of anilines is 1. The molecule has 2 aliphatic rings. The number of hydrogen-bond acceptors (Lipinski definition) is 8. The van der Waals surface area contributed by atoms with Crippen LogP contribution in [-0.4, -0.2) is 94.8 Å². The first-order chi connectivity index (χ1) is 12.7. The van der Waals surface area contributed by atoms with E-state index in [2.05, 4.69) is 24.8 Å². The van der Waals surface area contributed by atoms with E-state index >= 15 is 0 Å². The molecule has 0 aromatic carbocycles. The molecule has 2 aromatic rings. The Morgan fingerprint density at radius 3 is 2.54 bits per heavy atom. The fraction of sp³-hybridized carbons (Fsp3) is 0.688. The van der Waals surface area contributed by atoms with Crippen LogP contribution in [0, 0.1) is 5.41 Å². The van der Waals surface area contributed by atoms with Crippen LogP contribution in [0.2, 0.25) is 0 Å². The monoisotopic (exact) mass is 363 g/mol. The molecule has 10 heteroatoms. The molecule has 1 atom stereocenters. The quantitative estimate of drug-likeness (QED) is 0.609. The molecule has 2 fully saturated rings. The molecule has 1 unspecified atom stereocenters. The molecule has 0 bridgehead atoms. The molecule has 26 heavy (non-hydrogen) atoms. The Morgan fingerprint density at radius 1 is 1.12 bits per heavy atom. The van der Waals surface area contributed by atoms with Crippen molar-refractivity contribution >= 4 is 17.1 Å². The molecule has 0 amide bonds. The molecule has 4 rings (SSSR count). The molecular weight excluding hydrogens is 338 g/mol. The molecule has 0 spiro atoms. The van der Waals surface area contributed by atoms with Crippen LogP contribution in [0.5, 0.6) is 0 Å². The van der Waals surface area contributed by atoms with Crippen LogP contribution in [0.3, 0.4) is 0 Å². The van der Waals surface area contributed by atoms with Gasteiger partial charge < -0.3 is 29.0 Å². The average Bonchev–Trinajstić information content (AvgIpc) is 3.12. The molecule has 2 aliphatic heterocycles. The molecular formula is C16H25N7O3. The number of aliphatic hydroxyl groups is 1. The second-order valence-corrected chi connectivity index (χ2v) is 6.67. The van der Waals surface area contributed by atoms with E-state index in [4.69, 9.17) is 14.9 Å². The zero-order valence-electron chi connectivity index (χ0n) is 14.7. The minimum Gasteiger partial charge on any atom is -0.390 e. The predicted molar refractivity (Wildman–Crippen MR) is 94.0 cm³/mol. The summed E-state index contributed by atoms with van der Waals surface area (Å²) in [6.07, 6.45) is 1.04. The predicted octanol–water partition coefficient (Wildman–Crippen LogP) is -1.23. The van der Waals surface area contributed by atoms with Crippen LogP contribution < -0.4 is 10.4 Å². The van der Waals surface area contributed by atoms with Gasteiger partial charge in [0.15, 0.2) is 11.1 Å². The molecule has 0 saturated carbocycles. The van der Waals surface area contributed by atoms with Gasteiger partial charge in [-0.2, -0.15) is 4.98 Å². The summed E-state index contributed by atoms with van der Waals surface area (Å²) in [5.74, 6) is 0.723. The highest BCUT2D eigenvalue weighted by Crippen LogP contribution is 2.16. The smallest absolute Gasteiger partial charge is 0.205 e. The van der Waals surface area contributed by atoms with Gasteiger partial charge in [-0.05, 0) is 0 Å². The summed E-state index contributed by atoms with van der Waals surface area (Å²) in [5, 5.41) is 18.5. The van der Waals surface area contributed by atoms with E-state index in [-0.39, 0.29) is 5.49 Å². The number of imidazole rings is 1. The minimum atomic E-state index is -0.539. The van der Waals surface area contributed by atoms with Crippen molar-refractivity contribution in [2.75, 3.05) is 64.1 Å². The summed E-state index contributed by atoms with van der Waals surface area (Å²) in [6.45, 7) is 6.93. The third-order valence-electron chi connectivity index (χ3n) is 4.80. The molecule has 10 nitrogen and oxygen atoms in total. The largest absolute Gasteiger partial charge is 0.390 e. The molecule has 0 aliphatic carbocycles. The lowest BCUT2D eigenvalue weighted by atomic mass is 10.3. The minimum absolute atomic E-state index is 0.158. The Bertz CT molecular complexity index is 793. The highest BCUT2D eigenvalue weighted by Gasteiger charge is 2.19. The fourth-order valence-electron chi connectivity index (χ4n) is 3.40. The van der Waals surface area contributed by atoms with E-state index in [1.165, 1.54) is 0 Å². The first kappa shape index (κ1) is 17.4. The standard InChI is InChI=1S/C16H25N7O3/c17-14-13-15(20-16(19-13)22-3-7-26-8-4-22)23(11-18-14)10-12(24)9-21-1-5-25-6-2-21/h11-12,17,24H,1-10H2,(H,19,20). The van der Waals surface area contributed by atoms with E-state index in [0.29, 0.717) is 50.7 Å². The van der Waals surface area contributed by atoms with E-state index in [1.807, 2.05) is 4.57 Å². The molecule has 2 saturated heterocycles. The number of nitrogens with zero attached hydrogens (tertiary/aromatic N) is 5. The maximum absolute atomic E-state index is 10.5. The number of H-pyrrole nitrogens is 1. The second-order valence-electron chi connectivity index (χ2n) is 6.67. The number of nitrogens with one attached hydrogen (secondary N) is 2. The van der Waals surface area contributed by atoms with Gasteiger partial charge in [0.05, 0.1) is 45.4 Å². The van der Waals surface area contributed by atoms with Gasteiger partial charge >= 0.3 is 0 Å². The van der Waals surface area contributed by atoms with Gasteiger partial charge in [-0.15, -0.1) is 0 Å². The maximum atomic E-state index is 10.5. The lowest BCUT2D eigenvalue weighted by Crippen LogP contribution is -2.42. The number of rotatable bonds is 5. The maximum Gasteiger partial charge on any atom is 0.205 e. The topological polar surface area (TPSA) is 116 Å². The van der Waals surface area contributed by atoms with Crippen molar-refractivity contribution < 1.29 is 14.6 Å². The van der Waals surface area contributed by atoms with Crippen LogP contribution in [0.1, 0.15) is 0 Å². The van der Waals surface area contributed by atoms with Crippen molar-refractivity contribution in [3.8, 4) is 0 Å². The van der Waals surface area contributed by atoms with Gasteiger partial charge in [0.2, 0.25) is 5.95 Å². The van der Waals surface area contributed by atoms with Crippen LogP contribution >= 0.6 is 0 Å². The lowest BCUT2D eigenvalue weighted by Gasteiger charge is -2.28. The molecule has 4 heterocycles. The Labute approximate surface area is 150 Å². The summed E-state index contributed by atoms with van der Waals surface area (Å²) < 4.78 is 12.5. The van der Waals surface area contributed by atoms with E-state index in [9.17, 15) is 5.11 Å². The summed E-state index contributed by atoms with van der Waals surface area (Å²) in [7, 11) is 0. The average molecular weight is 363 g/mol. The third-order valence-corrected chi connectivity index (χ3v) is 4.80. The van der Waals surface area contributed by atoms with Crippen molar-refractivity contribution in [2.24, 2.45) is 0 Å². The van der Waals surface area contributed by atoms with Crippen LogP contribution in [0.25, 0.3) is 11.2 Å². The Hall–Kier alpha value is -2.01. The highest BCUT2D eigenvalue weighted by molar-refractivity contribution is 5.72. The zero-order chi connectivity index (χ0) is 17.9. The van der Waals surface area contributed by atoms with E-state index < -0.39 is 6.10 Å². The van der Waals surface area contributed by atoms with Crippen molar-refractivity contribution in [1.29, 1.82) is 5.41 Å². The normalized spacial score (nSPS) is 20.6. The van der Waals surface area contributed by atoms with Crippen molar-refractivity contribution in [3.05, 3.63) is 11.8 Å². The third kappa shape index (κ3) is 3.73. The highest BCUT2D eigenvalue weighted by atomic mass is 16.5. The first-order valence-electron chi connectivity index (χ1n) is 9.01. The molecule has 2 aromatic heterocycles. The van der Waals surface area contributed by atoms with Gasteiger partial charge in [-0.25, -0.2) is 4.98 Å². The number of aliphatic hydroxyl groups excluding tert-OH is 1. The first-order valence-corrected chi connectivity index (χ1v) is 9.01. The van der Waals surface area contributed by atoms with Gasteiger partial charge in [0.1, 0.15) is 5.52 Å². The number of morpholine rings is 2. The fourth-order valence-corrected chi connectivity index (χ4v) is 3.40. The number of aromatic nitrogens is 4. The van der Waals surface area contributed by atoms with Gasteiger partial charge in [0.25, 0.3) is 0 Å². The van der Waals surface area contributed by atoms with Crippen molar-refractivity contribution in [3.63, 3.8) is 0 Å². The SMILES string of the molecule is N=c1ncn(CC(O)CN2CCOCC2)c2nc(N3CCOCC3)[nH]c12. The number of hydrogen-bond donors (Lipinski definition) is 3. The Morgan fingerprint density at radius 2 is 1.81 bits per heavy atom. The number of β-amino-alcohol motifs (C(OH)–C–C–N with tert-alkyl or cyclic N) is 1. The lowest BCUT2D eigenvalue weighted by molar-refractivity contribution is 0.0116. The number of ether oxygens (including phenoxy) is 2. The number of aromatic amines is 1. The van der Waals surface area contributed by atoms with E-state index in [0.717, 1.165) is 32.1 Å². The Balaban J connectivity index is 1.53. The van der Waals surface area contributed by atoms with Gasteiger partial charge in [0, 0.05) is 32.7 Å². The summed E-state index contributed by atoms with van der Waals surface area (Å²) in [5.41, 5.74) is 1.39. The van der Waals surface area contributed by atoms with Crippen LogP contribution in [0.4, 0.5) is 5.95 Å². The van der Waals surface area contributed by atoms with Crippen LogP contribution in [-0.2, 0) is 16.0 Å². The Kier molecular flexibility index (Phi) is 5.16. The van der Waals surface area contributed by atoms with Gasteiger partial charge in [-0.1, -0.05) is 0 Å². The van der Waals surface area contributed by atoms with E-state index in [1.54, 1.807) is 6.33 Å².